The maximum atomic E-state index is 11.9. The Kier molecular flexibility index (Phi) is 4.56. The van der Waals surface area contributed by atoms with Crippen LogP contribution in [0, 0.1) is 0 Å². The monoisotopic (exact) mass is 369 g/mol. The zero-order chi connectivity index (χ0) is 16.4. The van der Waals surface area contributed by atoms with Crippen molar-refractivity contribution in [3.63, 3.8) is 0 Å². The second kappa shape index (κ2) is 6.62. The first-order valence-corrected chi connectivity index (χ1v) is 7.65. The Hall–Kier alpha value is -2.02. The fraction of sp³-hybridized carbons (Fsp3) is 0.0714. The van der Waals surface area contributed by atoms with E-state index in [-0.39, 0.29) is 6.54 Å². The van der Waals surface area contributed by atoms with Crippen molar-refractivity contribution in [3.05, 3.63) is 51.4 Å². The number of carbonyl (C=O) groups is 1. The van der Waals surface area contributed by atoms with Crippen molar-refractivity contribution in [1.29, 1.82) is 0 Å². The SMILES string of the molecule is O=C(NCc1nc2nc(Cl)ccc2[nH]1)Nc1cc(Cl)cc(Cl)c1. The van der Waals surface area contributed by atoms with Crippen molar-refractivity contribution in [2.24, 2.45) is 0 Å². The number of urea groups is 1. The van der Waals surface area contributed by atoms with Crippen LogP contribution in [0.1, 0.15) is 5.82 Å². The predicted molar refractivity (Wildman–Crippen MR) is 91.2 cm³/mol. The van der Waals surface area contributed by atoms with Crippen molar-refractivity contribution in [2.75, 3.05) is 5.32 Å². The zero-order valence-corrected chi connectivity index (χ0v) is 13.8. The van der Waals surface area contributed by atoms with Gasteiger partial charge in [-0.05, 0) is 30.3 Å². The number of H-pyrrole nitrogens is 1. The van der Waals surface area contributed by atoms with Crippen LogP contribution in [-0.2, 0) is 6.54 Å². The van der Waals surface area contributed by atoms with Crippen molar-refractivity contribution >= 4 is 57.7 Å². The summed E-state index contributed by atoms with van der Waals surface area (Å²) in [7, 11) is 0. The van der Waals surface area contributed by atoms with Crippen LogP contribution in [0.5, 0.6) is 0 Å². The highest BCUT2D eigenvalue weighted by atomic mass is 35.5. The number of aromatic amines is 1. The molecule has 0 atom stereocenters. The van der Waals surface area contributed by atoms with Crippen LogP contribution in [0.3, 0.4) is 0 Å². The molecule has 0 fully saturated rings. The summed E-state index contributed by atoms with van der Waals surface area (Å²) in [6, 6.07) is 7.80. The van der Waals surface area contributed by atoms with E-state index in [9.17, 15) is 4.79 Å². The quantitative estimate of drug-likeness (QED) is 0.603. The second-order valence-corrected chi connectivity index (χ2v) is 5.91. The van der Waals surface area contributed by atoms with Gasteiger partial charge in [0, 0.05) is 15.7 Å². The first-order chi connectivity index (χ1) is 11.0. The van der Waals surface area contributed by atoms with Crippen molar-refractivity contribution in [1.82, 2.24) is 20.3 Å². The lowest BCUT2D eigenvalue weighted by Gasteiger charge is -2.07. The van der Waals surface area contributed by atoms with Gasteiger partial charge in [0.1, 0.15) is 11.0 Å². The van der Waals surface area contributed by atoms with Crippen LogP contribution in [0.2, 0.25) is 15.2 Å². The molecule has 9 heteroatoms. The Morgan fingerprint density at radius 2 is 1.83 bits per heavy atom. The van der Waals surface area contributed by atoms with Crippen LogP contribution in [-0.4, -0.2) is 21.0 Å². The summed E-state index contributed by atoms with van der Waals surface area (Å²) in [5, 5.41) is 6.55. The highest BCUT2D eigenvalue weighted by Crippen LogP contribution is 2.22. The molecule has 2 amide bonds. The van der Waals surface area contributed by atoms with E-state index < -0.39 is 6.03 Å². The summed E-state index contributed by atoms with van der Waals surface area (Å²) in [5.41, 5.74) is 1.74. The number of anilines is 1. The van der Waals surface area contributed by atoms with Gasteiger partial charge in [0.25, 0.3) is 0 Å². The van der Waals surface area contributed by atoms with Crippen LogP contribution >= 0.6 is 34.8 Å². The van der Waals surface area contributed by atoms with E-state index in [2.05, 4.69) is 25.6 Å². The number of fused-ring (bicyclic) bond motifs is 1. The molecule has 0 aliphatic heterocycles. The van der Waals surface area contributed by atoms with E-state index in [1.54, 1.807) is 30.3 Å². The number of halogens is 3. The number of rotatable bonds is 3. The number of imidazole rings is 1. The number of nitrogens with zero attached hydrogens (tertiary/aromatic N) is 2. The molecular weight excluding hydrogens is 361 g/mol. The number of carbonyl (C=O) groups excluding carboxylic acids is 1. The van der Waals surface area contributed by atoms with E-state index >= 15 is 0 Å². The number of hydrogen-bond acceptors (Lipinski definition) is 3. The highest BCUT2D eigenvalue weighted by molar-refractivity contribution is 6.35. The fourth-order valence-corrected chi connectivity index (χ4v) is 2.64. The van der Waals surface area contributed by atoms with Gasteiger partial charge in [0.15, 0.2) is 5.65 Å². The molecule has 118 valence electrons. The molecule has 0 saturated carbocycles. The average molecular weight is 371 g/mol. The van der Waals surface area contributed by atoms with Gasteiger partial charge in [-0.1, -0.05) is 34.8 Å². The molecule has 3 N–H and O–H groups in total. The molecule has 3 aromatic rings. The number of nitrogens with one attached hydrogen (secondary N) is 3. The molecule has 0 saturated heterocycles. The van der Waals surface area contributed by atoms with Gasteiger partial charge in [-0.3, -0.25) is 0 Å². The van der Waals surface area contributed by atoms with E-state index in [1.807, 2.05) is 0 Å². The maximum absolute atomic E-state index is 11.9. The number of hydrogen-bond donors (Lipinski definition) is 3. The highest BCUT2D eigenvalue weighted by Gasteiger charge is 2.07. The van der Waals surface area contributed by atoms with Gasteiger partial charge in [-0.25, -0.2) is 14.8 Å². The fourth-order valence-electron chi connectivity index (χ4n) is 1.97. The van der Waals surface area contributed by atoms with E-state index in [0.29, 0.717) is 32.4 Å². The third-order valence-electron chi connectivity index (χ3n) is 2.90. The minimum Gasteiger partial charge on any atom is -0.339 e. The molecule has 0 spiro atoms. The first kappa shape index (κ1) is 15.9. The van der Waals surface area contributed by atoms with E-state index in [0.717, 1.165) is 5.52 Å². The average Bonchev–Trinajstić information content (AvgIpc) is 2.86. The number of benzene rings is 1. The Morgan fingerprint density at radius 3 is 2.57 bits per heavy atom. The van der Waals surface area contributed by atoms with Crippen LogP contribution in [0.15, 0.2) is 30.3 Å². The normalized spacial score (nSPS) is 10.7. The molecular formula is C14H10Cl3N5O. The standard InChI is InChI=1S/C14H10Cl3N5O/c15-7-3-8(16)5-9(4-7)19-14(23)18-6-12-20-10-1-2-11(17)21-13(10)22-12/h1-5H,6H2,(H2,18,19,23)(H,20,21,22). The third-order valence-corrected chi connectivity index (χ3v) is 3.54. The largest absolute Gasteiger partial charge is 0.339 e. The molecule has 23 heavy (non-hydrogen) atoms. The van der Waals surface area contributed by atoms with E-state index in [4.69, 9.17) is 34.8 Å². The lowest BCUT2D eigenvalue weighted by molar-refractivity contribution is 0.251. The van der Waals surface area contributed by atoms with Gasteiger partial charge < -0.3 is 15.6 Å². The van der Waals surface area contributed by atoms with Crippen LogP contribution < -0.4 is 10.6 Å². The lowest BCUT2D eigenvalue weighted by atomic mass is 10.3. The molecule has 1 aromatic carbocycles. The molecule has 2 aromatic heterocycles. The van der Waals surface area contributed by atoms with Gasteiger partial charge in [-0.2, -0.15) is 0 Å². The van der Waals surface area contributed by atoms with Gasteiger partial charge in [0.2, 0.25) is 0 Å². The molecule has 6 nitrogen and oxygen atoms in total. The Bertz CT molecular complexity index is 860. The summed E-state index contributed by atoms with van der Waals surface area (Å²) in [6.45, 7) is 0.202. The van der Waals surface area contributed by atoms with Gasteiger partial charge in [-0.15, -0.1) is 0 Å². The van der Waals surface area contributed by atoms with Crippen molar-refractivity contribution in [2.45, 2.75) is 6.54 Å². The molecule has 0 radical (unpaired) electrons. The summed E-state index contributed by atoms with van der Waals surface area (Å²) in [5.74, 6) is 0.564. The molecule has 0 bridgehead atoms. The zero-order valence-electron chi connectivity index (χ0n) is 11.5. The predicted octanol–water partition coefficient (Wildman–Crippen LogP) is 4.24. The summed E-state index contributed by atoms with van der Waals surface area (Å²) >= 11 is 17.6. The minimum absolute atomic E-state index is 0.202. The smallest absolute Gasteiger partial charge is 0.319 e. The molecule has 3 rings (SSSR count). The molecule has 0 unspecified atom stereocenters. The lowest BCUT2D eigenvalue weighted by Crippen LogP contribution is -2.28. The Morgan fingerprint density at radius 1 is 1.09 bits per heavy atom. The molecule has 2 heterocycles. The summed E-state index contributed by atoms with van der Waals surface area (Å²) < 4.78 is 0. The molecule has 0 aliphatic carbocycles. The van der Waals surface area contributed by atoms with Crippen LogP contribution in [0.4, 0.5) is 10.5 Å². The second-order valence-electron chi connectivity index (χ2n) is 4.65. The minimum atomic E-state index is -0.408. The van der Waals surface area contributed by atoms with Gasteiger partial charge >= 0.3 is 6.03 Å². The summed E-state index contributed by atoms with van der Waals surface area (Å²) in [4.78, 5) is 23.3. The Balaban J connectivity index is 1.63. The van der Waals surface area contributed by atoms with E-state index in [1.165, 1.54) is 0 Å². The first-order valence-electron chi connectivity index (χ1n) is 6.52. The van der Waals surface area contributed by atoms with Crippen LogP contribution in [0.25, 0.3) is 11.2 Å². The number of aromatic nitrogens is 3. The summed E-state index contributed by atoms with van der Waals surface area (Å²) in [6.07, 6.45) is 0. The topological polar surface area (TPSA) is 82.7 Å². The third kappa shape index (κ3) is 4.04. The number of amides is 2. The molecule has 0 aliphatic rings. The number of pyridine rings is 1. The van der Waals surface area contributed by atoms with Gasteiger partial charge in [0.05, 0.1) is 12.1 Å². The Labute approximate surface area is 146 Å². The van der Waals surface area contributed by atoms with Crippen molar-refractivity contribution < 1.29 is 4.79 Å². The maximum Gasteiger partial charge on any atom is 0.319 e. The van der Waals surface area contributed by atoms with Crippen molar-refractivity contribution in [3.8, 4) is 0 Å².